The highest BCUT2D eigenvalue weighted by Gasteiger charge is 2.43. The molecule has 3 rings (SSSR count). The molecule has 2 heteroatoms. The van der Waals surface area contributed by atoms with Crippen molar-refractivity contribution < 1.29 is 4.74 Å². The van der Waals surface area contributed by atoms with E-state index < -0.39 is 0 Å². The lowest BCUT2D eigenvalue weighted by Gasteiger charge is -2.41. The Morgan fingerprint density at radius 3 is 3.11 bits per heavy atom. The van der Waals surface area contributed by atoms with Gasteiger partial charge in [0.2, 0.25) is 0 Å². The van der Waals surface area contributed by atoms with Crippen LogP contribution >= 0.6 is 0 Å². The third-order valence-electron chi connectivity index (χ3n) is 4.02. The molecule has 90 valence electrons. The van der Waals surface area contributed by atoms with Gasteiger partial charge in [-0.2, -0.15) is 5.26 Å². The highest BCUT2D eigenvalue weighted by atomic mass is 16.5. The molecular weight excluding hydrogens is 222 g/mol. The highest BCUT2D eigenvalue weighted by Crippen LogP contribution is 2.53. The van der Waals surface area contributed by atoms with Crippen molar-refractivity contribution in [2.75, 3.05) is 0 Å². The Labute approximate surface area is 107 Å². The van der Waals surface area contributed by atoms with E-state index in [-0.39, 0.29) is 5.41 Å². The number of rotatable bonds is 0. The van der Waals surface area contributed by atoms with Crippen LogP contribution in [0.3, 0.4) is 0 Å². The Kier molecular flexibility index (Phi) is 2.68. The lowest BCUT2D eigenvalue weighted by atomic mass is 9.64. The van der Waals surface area contributed by atoms with Gasteiger partial charge in [0.1, 0.15) is 5.76 Å². The Morgan fingerprint density at radius 1 is 1.28 bits per heavy atom. The first kappa shape index (κ1) is 11.1. The van der Waals surface area contributed by atoms with Crippen LogP contribution in [-0.2, 0) is 4.74 Å². The van der Waals surface area contributed by atoms with E-state index in [1.54, 1.807) is 12.3 Å². The standard InChI is InChI=1S/C16H15NO/c17-10-8-13-6-7-14-4-3-11-18-15-5-1-2-9-16(14,15)12-13/h1-5,8,11H,6-7,9,12H2. The zero-order chi connectivity index (χ0) is 12.4. The third-order valence-corrected chi connectivity index (χ3v) is 4.02. The Morgan fingerprint density at radius 2 is 2.22 bits per heavy atom. The summed E-state index contributed by atoms with van der Waals surface area (Å²) in [6, 6.07) is 2.17. The fourth-order valence-corrected chi connectivity index (χ4v) is 3.13. The normalized spacial score (nSPS) is 31.4. The Hall–Kier alpha value is -2.01. The van der Waals surface area contributed by atoms with Crippen LogP contribution in [0.15, 0.2) is 59.6 Å². The minimum absolute atomic E-state index is 0.0425. The van der Waals surface area contributed by atoms with Gasteiger partial charge in [-0.25, -0.2) is 0 Å². The van der Waals surface area contributed by atoms with E-state index >= 15 is 0 Å². The SMILES string of the molecule is N#CC=C1CCC2=CC=COC3=CC=CCC23C1. The van der Waals surface area contributed by atoms with Crippen molar-refractivity contribution in [3.63, 3.8) is 0 Å². The first-order valence-corrected chi connectivity index (χ1v) is 6.33. The average molecular weight is 237 g/mol. The van der Waals surface area contributed by atoms with Crippen molar-refractivity contribution in [1.82, 2.24) is 0 Å². The fourth-order valence-electron chi connectivity index (χ4n) is 3.13. The van der Waals surface area contributed by atoms with Gasteiger partial charge in [0.05, 0.1) is 17.7 Å². The molecule has 0 radical (unpaired) electrons. The quantitative estimate of drug-likeness (QED) is 0.598. The van der Waals surface area contributed by atoms with Gasteiger partial charge in [-0.3, -0.25) is 0 Å². The smallest absolute Gasteiger partial charge is 0.114 e. The van der Waals surface area contributed by atoms with E-state index in [0.29, 0.717) is 0 Å². The molecule has 1 unspecified atom stereocenters. The first-order valence-electron chi connectivity index (χ1n) is 6.33. The molecule has 0 N–H and O–H groups in total. The molecule has 3 aliphatic rings. The summed E-state index contributed by atoms with van der Waals surface area (Å²) in [5, 5.41) is 8.85. The lowest BCUT2D eigenvalue weighted by Crippen LogP contribution is -2.31. The maximum absolute atomic E-state index is 8.85. The molecule has 18 heavy (non-hydrogen) atoms. The summed E-state index contributed by atoms with van der Waals surface area (Å²) in [4.78, 5) is 0. The van der Waals surface area contributed by atoms with Gasteiger partial charge in [-0.1, -0.05) is 29.4 Å². The summed E-state index contributed by atoms with van der Waals surface area (Å²) in [5.74, 6) is 1.02. The minimum atomic E-state index is -0.0425. The van der Waals surface area contributed by atoms with Gasteiger partial charge in [0.25, 0.3) is 0 Å². The van der Waals surface area contributed by atoms with Crippen LogP contribution < -0.4 is 0 Å². The first-order chi connectivity index (χ1) is 8.85. The van der Waals surface area contributed by atoms with Crippen molar-refractivity contribution >= 4 is 0 Å². The van der Waals surface area contributed by atoms with Crippen molar-refractivity contribution in [3.05, 3.63) is 59.6 Å². The van der Waals surface area contributed by atoms with Crippen molar-refractivity contribution in [2.24, 2.45) is 5.41 Å². The van der Waals surface area contributed by atoms with Gasteiger partial charge in [0, 0.05) is 6.08 Å². The van der Waals surface area contributed by atoms with Gasteiger partial charge >= 0.3 is 0 Å². The topological polar surface area (TPSA) is 33.0 Å². The zero-order valence-electron chi connectivity index (χ0n) is 10.2. The molecule has 2 aliphatic carbocycles. The number of ether oxygens (including phenoxy) is 1. The number of hydrogen-bond donors (Lipinski definition) is 0. The molecule has 1 saturated carbocycles. The number of allylic oxidation sites excluding steroid dienone is 8. The molecule has 0 amide bonds. The molecule has 1 aliphatic heterocycles. The second-order valence-corrected chi connectivity index (χ2v) is 4.99. The minimum Gasteiger partial charge on any atom is -0.468 e. The summed E-state index contributed by atoms with van der Waals surface area (Å²) in [6.07, 6.45) is 17.8. The van der Waals surface area contributed by atoms with Crippen LogP contribution in [0.5, 0.6) is 0 Å². The van der Waals surface area contributed by atoms with E-state index in [1.165, 1.54) is 11.1 Å². The van der Waals surface area contributed by atoms with Crippen molar-refractivity contribution in [3.8, 4) is 6.07 Å². The molecule has 2 nitrogen and oxygen atoms in total. The Balaban J connectivity index is 2.06. The van der Waals surface area contributed by atoms with E-state index in [1.807, 2.05) is 6.08 Å². The predicted octanol–water partition coefficient (Wildman–Crippen LogP) is 3.92. The van der Waals surface area contributed by atoms with Crippen molar-refractivity contribution in [1.29, 1.82) is 5.26 Å². The molecule has 1 fully saturated rings. The number of nitriles is 1. The molecule has 0 aromatic carbocycles. The van der Waals surface area contributed by atoms with Crippen LogP contribution in [-0.4, -0.2) is 0 Å². The molecule has 1 atom stereocenters. The van der Waals surface area contributed by atoms with Gasteiger partial charge in [-0.05, 0) is 37.8 Å². The van der Waals surface area contributed by atoms with E-state index in [0.717, 1.165) is 31.4 Å². The van der Waals surface area contributed by atoms with E-state index in [4.69, 9.17) is 10.00 Å². The maximum atomic E-state index is 8.85. The second-order valence-electron chi connectivity index (χ2n) is 4.99. The molecule has 0 saturated heterocycles. The van der Waals surface area contributed by atoms with Gasteiger partial charge in [0.15, 0.2) is 0 Å². The van der Waals surface area contributed by atoms with Crippen molar-refractivity contribution in [2.45, 2.75) is 25.7 Å². The molecule has 1 heterocycles. The summed E-state index contributed by atoms with van der Waals surface area (Å²) in [5.41, 5.74) is 2.63. The monoisotopic (exact) mass is 237 g/mol. The lowest BCUT2D eigenvalue weighted by molar-refractivity contribution is 0.216. The van der Waals surface area contributed by atoms with Gasteiger partial charge in [-0.15, -0.1) is 0 Å². The summed E-state index contributed by atoms with van der Waals surface area (Å²) in [7, 11) is 0. The molecule has 0 aromatic heterocycles. The van der Waals surface area contributed by atoms with E-state index in [2.05, 4.69) is 30.4 Å². The average Bonchev–Trinajstić information content (AvgIpc) is 2.57. The maximum Gasteiger partial charge on any atom is 0.114 e. The van der Waals surface area contributed by atoms with Crippen LogP contribution in [0.2, 0.25) is 0 Å². The molecule has 0 aromatic rings. The van der Waals surface area contributed by atoms with Crippen LogP contribution in [0.4, 0.5) is 0 Å². The molecule has 0 bridgehead atoms. The number of nitrogens with zero attached hydrogens (tertiary/aromatic N) is 1. The van der Waals surface area contributed by atoms with E-state index in [9.17, 15) is 0 Å². The molecular formula is C16H15NO. The Bertz CT molecular complexity index is 554. The predicted molar refractivity (Wildman–Crippen MR) is 70.1 cm³/mol. The fraction of sp³-hybridized carbons (Fsp3) is 0.312. The molecule has 1 spiro atoms. The second kappa shape index (κ2) is 4.34. The summed E-state index contributed by atoms with van der Waals surface area (Å²) < 4.78 is 5.76. The van der Waals surface area contributed by atoms with Gasteiger partial charge < -0.3 is 4.74 Å². The van der Waals surface area contributed by atoms with Crippen LogP contribution in [0, 0.1) is 16.7 Å². The van der Waals surface area contributed by atoms with Crippen LogP contribution in [0.1, 0.15) is 25.7 Å². The third kappa shape index (κ3) is 1.64. The zero-order valence-corrected chi connectivity index (χ0v) is 10.2. The number of hydrogen-bond acceptors (Lipinski definition) is 2. The summed E-state index contributed by atoms with van der Waals surface area (Å²) >= 11 is 0. The largest absolute Gasteiger partial charge is 0.468 e. The van der Waals surface area contributed by atoms with Crippen LogP contribution in [0.25, 0.3) is 0 Å². The summed E-state index contributed by atoms with van der Waals surface area (Å²) in [6.45, 7) is 0. The highest BCUT2D eigenvalue weighted by molar-refractivity contribution is 5.42.